The molecule has 0 aliphatic carbocycles. The van der Waals surface area contributed by atoms with E-state index in [0.717, 1.165) is 17.1 Å². The monoisotopic (exact) mass is 293 g/mol. The lowest BCUT2D eigenvalue weighted by Gasteiger charge is -2.21. The van der Waals surface area contributed by atoms with Crippen LogP contribution in [0.1, 0.15) is 23.0 Å². The van der Waals surface area contributed by atoms with Crippen LogP contribution in [0.5, 0.6) is 0 Å². The van der Waals surface area contributed by atoms with Gasteiger partial charge >= 0.3 is 0 Å². The van der Waals surface area contributed by atoms with Crippen molar-refractivity contribution in [3.8, 4) is 0 Å². The zero-order valence-electron chi connectivity index (χ0n) is 11.1. The number of hydrogen-bond acceptors (Lipinski definition) is 2. The van der Waals surface area contributed by atoms with Crippen LogP contribution in [-0.4, -0.2) is 15.8 Å². The maximum atomic E-state index is 6.21. The maximum absolute atomic E-state index is 6.21. The highest BCUT2D eigenvalue weighted by Gasteiger charge is 2.23. The third-order valence-corrected chi connectivity index (χ3v) is 3.93. The largest absolute Gasteiger partial charge is 0.318 e. The first-order valence-corrected chi connectivity index (χ1v) is 7.12. The minimum Gasteiger partial charge on any atom is -0.318 e. The average molecular weight is 294 g/mol. The predicted molar refractivity (Wildman–Crippen MR) is 84.6 cm³/mol. The highest BCUT2D eigenvalue weighted by atomic mass is 35.5. The lowest BCUT2D eigenvalue weighted by atomic mass is 9.97. The van der Waals surface area contributed by atoms with Gasteiger partial charge in [-0.25, -0.2) is 4.98 Å². The van der Waals surface area contributed by atoms with Crippen molar-refractivity contribution in [2.75, 3.05) is 0 Å². The van der Waals surface area contributed by atoms with Crippen LogP contribution < -0.4 is 0 Å². The van der Waals surface area contributed by atoms with Crippen molar-refractivity contribution in [3.63, 3.8) is 0 Å². The quantitative estimate of drug-likeness (QED) is 0.516. The molecule has 1 aliphatic heterocycles. The molecule has 1 atom stereocenters. The van der Waals surface area contributed by atoms with Gasteiger partial charge in [0.15, 0.2) is 5.82 Å². The molecule has 2 heterocycles. The van der Waals surface area contributed by atoms with Crippen LogP contribution in [0, 0.1) is 0 Å². The van der Waals surface area contributed by atoms with Crippen molar-refractivity contribution in [2.24, 2.45) is 4.99 Å². The molecule has 1 aromatic heterocycles. The molecule has 0 N–H and O–H groups in total. The van der Waals surface area contributed by atoms with E-state index in [1.54, 1.807) is 12.4 Å². The number of imidazole rings is 1. The molecule has 102 valence electrons. The van der Waals surface area contributed by atoms with Gasteiger partial charge in [0.1, 0.15) is 0 Å². The van der Waals surface area contributed by atoms with Crippen LogP contribution in [0.15, 0.2) is 65.9 Å². The van der Waals surface area contributed by atoms with Gasteiger partial charge in [-0.3, -0.25) is 4.99 Å². The molecule has 0 radical (unpaired) electrons. The van der Waals surface area contributed by atoms with Crippen molar-refractivity contribution in [3.05, 3.63) is 82.9 Å². The molecule has 0 saturated carbocycles. The third kappa shape index (κ3) is 2.06. The molecular weight excluding hydrogens is 282 g/mol. The van der Waals surface area contributed by atoms with E-state index in [1.165, 1.54) is 5.56 Å². The Morgan fingerprint density at radius 3 is 2.76 bits per heavy atom. The smallest absolute Gasteiger partial charge is 0.151 e. The van der Waals surface area contributed by atoms with Gasteiger partial charge in [0.25, 0.3) is 0 Å². The molecule has 0 bridgehead atoms. The van der Waals surface area contributed by atoms with E-state index in [1.807, 2.05) is 42.6 Å². The fourth-order valence-corrected chi connectivity index (χ4v) is 2.94. The van der Waals surface area contributed by atoms with Gasteiger partial charge in [-0.1, -0.05) is 41.9 Å². The Hall–Kier alpha value is -2.39. The molecule has 3 nitrogen and oxygen atoms in total. The van der Waals surface area contributed by atoms with Crippen molar-refractivity contribution in [1.29, 1.82) is 0 Å². The van der Waals surface area contributed by atoms with E-state index in [-0.39, 0.29) is 6.04 Å². The SMILES string of the molecule is Clc1ccc2c(c1)C(c1ccccc1)n1ccnc1C=N2. The molecule has 2 aromatic carbocycles. The van der Waals surface area contributed by atoms with Crippen LogP contribution in [0.2, 0.25) is 5.02 Å². The summed E-state index contributed by atoms with van der Waals surface area (Å²) in [6, 6.07) is 16.2. The zero-order chi connectivity index (χ0) is 14.2. The van der Waals surface area contributed by atoms with Crippen molar-refractivity contribution < 1.29 is 0 Å². The van der Waals surface area contributed by atoms with Crippen LogP contribution in [0.25, 0.3) is 0 Å². The predicted octanol–water partition coefficient (Wildman–Crippen LogP) is 4.24. The molecule has 21 heavy (non-hydrogen) atoms. The highest BCUT2D eigenvalue weighted by Crippen LogP contribution is 2.37. The van der Waals surface area contributed by atoms with Gasteiger partial charge < -0.3 is 4.57 Å². The van der Waals surface area contributed by atoms with E-state index in [0.29, 0.717) is 5.02 Å². The minimum absolute atomic E-state index is 0.0277. The summed E-state index contributed by atoms with van der Waals surface area (Å²) in [4.78, 5) is 8.93. The van der Waals surface area contributed by atoms with Gasteiger partial charge in [-0.05, 0) is 23.8 Å². The molecule has 4 rings (SSSR count). The summed E-state index contributed by atoms with van der Waals surface area (Å²) in [5.74, 6) is 0.844. The second-order valence-corrected chi connectivity index (χ2v) is 5.40. The molecule has 0 amide bonds. The number of hydrogen-bond donors (Lipinski definition) is 0. The van der Waals surface area contributed by atoms with Gasteiger partial charge in [0.05, 0.1) is 17.9 Å². The summed E-state index contributed by atoms with van der Waals surface area (Å²) < 4.78 is 2.13. The Bertz CT molecular complexity index is 821. The maximum Gasteiger partial charge on any atom is 0.151 e. The van der Waals surface area contributed by atoms with E-state index >= 15 is 0 Å². The van der Waals surface area contributed by atoms with Crippen LogP contribution >= 0.6 is 11.6 Å². The number of aliphatic imine (C=N–C) groups is 1. The van der Waals surface area contributed by atoms with Gasteiger partial charge in [0.2, 0.25) is 0 Å². The summed E-state index contributed by atoms with van der Waals surface area (Å²) in [6.07, 6.45) is 5.58. The van der Waals surface area contributed by atoms with Crippen LogP contribution in [-0.2, 0) is 0 Å². The topological polar surface area (TPSA) is 30.2 Å². The lowest BCUT2D eigenvalue weighted by Crippen LogP contribution is -2.13. The van der Waals surface area contributed by atoms with Gasteiger partial charge in [0, 0.05) is 23.0 Å². The minimum atomic E-state index is 0.0277. The average Bonchev–Trinajstić information content (AvgIpc) is 2.91. The van der Waals surface area contributed by atoms with E-state index in [4.69, 9.17) is 11.6 Å². The number of rotatable bonds is 1. The Labute approximate surface area is 127 Å². The Morgan fingerprint density at radius 2 is 1.90 bits per heavy atom. The van der Waals surface area contributed by atoms with Crippen LogP contribution in [0.4, 0.5) is 5.69 Å². The number of halogens is 1. The molecule has 3 aromatic rings. The van der Waals surface area contributed by atoms with E-state index in [2.05, 4.69) is 26.7 Å². The Morgan fingerprint density at radius 1 is 1.05 bits per heavy atom. The van der Waals surface area contributed by atoms with Gasteiger partial charge in [-0.2, -0.15) is 0 Å². The number of aromatic nitrogens is 2. The van der Waals surface area contributed by atoms with E-state index in [9.17, 15) is 0 Å². The summed E-state index contributed by atoms with van der Waals surface area (Å²) in [5, 5.41) is 0.716. The second-order valence-electron chi connectivity index (χ2n) is 4.97. The highest BCUT2D eigenvalue weighted by molar-refractivity contribution is 6.30. The first-order valence-electron chi connectivity index (χ1n) is 6.74. The molecular formula is C17H12ClN3. The summed E-state index contributed by atoms with van der Waals surface area (Å²) in [7, 11) is 0. The third-order valence-electron chi connectivity index (χ3n) is 3.70. The lowest BCUT2D eigenvalue weighted by molar-refractivity contribution is 0.677. The van der Waals surface area contributed by atoms with Gasteiger partial charge in [-0.15, -0.1) is 0 Å². The summed E-state index contributed by atoms with van der Waals surface area (Å²) >= 11 is 6.21. The summed E-state index contributed by atoms with van der Waals surface area (Å²) in [6.45, 7) is 0. The standard InChI is InChI=1S/C17H12ClN3/c18-13-6-7-15-14(10-13)17(12-4-2-1-3-5-12)21-9-8-19-16(21)11-20-15/h1-11,17H. The number of nitrogens with zero attached hydrogens (tertiary/aromatic N) is 3. The number of fused-ring (bicyclic) bond motifs is 2. The molecule has 1 aliphatic rings. The Balaban J connectivity index is 2.01. The Kier molecular flexibility index (Phi) is 2.86. The molecule has 0 fully saturated rings. The summed E-state index contributed by atoms with van der Waals surface area (Å²) in [5.41, 5.74) is 3.20. The first-order chi connectivity index (χ1) is 10.3. The second kappa shape index (κ2) is 4.86. The van der Waals surface area contributed by atoms with Crippen molar-refractivity contribution >= 4 is 23.5 Å². The molecule has 1 unspecified atom stereocenters. The zero-order valence-corrected chi connectivity index (χ0v) is 11.9. The number of benzene rings is 2. The molecule has 4 heteroatoms. The molecule has 0 saturated heterocycles. The first kappa shape index (κ1) is 12.4. The normalized spacial score (nSPS) is 16.1. The fourth-order valence-electron chi connectivity index (χ4n) is 2.76. The van der Waals surface area contributed by atoms with Crippen molar-refractivity contribution in [2.45, 2.75) is 6.04 Å². The van der Waals surface area contributed by atoms with Crippen molar-refractivity contribution in [1.82, 2.24) is 9.55 Å². The fraction of sp³-hybridized carbons (Fsp3) is 0.0588. The van der Waals surface area contributed by atoms with E-state index < -0.39 is 0 Å². The molecule has 0 spiro atoms. The van der Waals surface area contributed by atoms with Crippen LogP contribution in [0.3, 0.4) is 0 Å².